The molecule has 6 heteroatoms. The van der Waals surface area contributed by atoms with Crippen LogP contribution in [0.15, 0.2) is 48.9 Å². The molecule has 0 aromatic rings. The predicted molar refractivity (Wildman–Crippen MR) is 79.8 cm³/mol. The van der Waals surface area contributed by atoms with E-state index in [1.165, 1.54) is 11.8 Å². The molecule has 0 aliphatic carbocycles. The number of hydrogen-bond donors (Lipinski definition) is 2. The molecule has 0 saturated carbocycles. The van der Waals surface area contributed by atoms with Crippen LogP contribution in [0.25, 0.3) is 0 Å². The van der Waals surface area contributed by atoms with E-state index >= 15 is 0 Å². The average molecular weight is 299 g/mol. The highest BCUT2D eigenvalue weighted by molar-refractivity contribution is 6.25. The first-order valence-electron chi connectivity index (χ1n) is 5.99. The number of allylic oxidation sites excluding steroid dienone is 3. The largest absolute Gasteiger partial charge is 0.491 e. The van der Waals surface area contributed by atoms with E-state index in [4.69, 9.17) is 16.3 Å². The first-order chi connectivity index (χ1) is 9.60. The second-order valence-electron chi connectivity index (χ2n) is 3.70. The lowest BCUT2D eigenvalue weighted by Crippen LogP contribution is -2.28. The van der Waals surface area contributed by atoms with Crippen molar-refractivity contribution in [2.45, 2.75) is 12.8 Å². The van der Waals surface area contributed by atoms with Gasteiger partial charge in [-0.05, 0) is 18.6 Å². The first-order valence-corrected chi connectivity index (χ1v) is 6.42. The van der Waals surface area contributed by atoms with Crippen LogP contribution in [0.4, 0.5) is 0 Å². The van der Waals surface area contributed by atoms with Gasteiger partial charge in [0.25, 0.3) is 5.91 Å². The van der Waals surface area contributed by atoms with E-state index < -0.39 is 0 Å². The van der Waals surface area contributed by atoms with E-state index in [1.54, 1.807) is 18.2 Å². The van der Waals surface area contributed by atoms with Gasteiger partial charge in [-0.15, -0.1) is 6.58 Å². The maximum absolute atomic E-state index is 11.4. The zero-order valence-corrected chi connectivity index (χ0v) is 12.0. The van der Waals surface area contributed by atoms with Crippen LogP contribution in [0.3, 0.4) is 0 Å². The Balaban J connectivity index is 3.77. The molecule has 0 fully saturated rings. The summed E-state index contributed by atoms with van der Waals surface area (Å²) in [4.78, 5) is 22.7. The maximum Gasteiger partial charge on any atom is 0.261 e. The summed E-state index contributed by atoms with van der Waals surface area (Å²) < 4.78 is 4.94. The molecule has 5 nitrogen and oxygen atoms in total. The molecule has 2 amide bonds. The number of halogens is 1. The summed E-state index contributed by atoms with van der Waals surface area (Å²) in [6, 6.07) is 0. The maximum atomic E-state index is 11.4. The fourth-order valence-electron chi connectivity index (χ4n) is 1.10. The molecule has 0 unspecified atom stereocenters. The molecule has 0 rings (SSSR count). The molecule has 0 heterocycles. The zero-order valence-electron chi connectivity index (χ0n) is 11.2. The highest BCUT2D eigenvalue weighted by Gasteiger charge is 2.05. The number of carbonyl (C=O) groups excluding carboxylic acids is 2. The van der Waals surface area contributed by atoms with Crippen LogP contribution >= 0.6 is 11.6 Å². The van der Waals surface area contributed by atoms with E-state index in [0.717, 1.165) is 0 Å². The lowest BCUT2D eigenvalue weighted by molar-refractivity contribution is -0.124. The highest BCUT2D eigenvalue weighted by Crippen LogP contribution is 1.98. The quantitative estimate of drug-likeness (QED) is 0.368. The Morgan fingerprint density at radius 1 is 1.20 bits per heavy atom. The molecular formula is C14H19ClN2O3. The van der Waals surface area contributed by atoms with Crippen molar-refractivity contribution in [2.24, 2.45) is 0 Å². The van der Waals surface area contributed by atoms with Gasteiger partial charge in [-0.3, -0.25) is 9.59 Å². The number of hydrogen-bond acceptors (Lipinski definition) is 3. The van der Waals surface area contributed by atoms with Gasteiger partial charge in [0.15, 0.2) is 6.61 Å². The van der Waals surface area contributed by atoms with Crippen LogP contribution in [-0.2, 0) is 14.3 Å². The van der Waals surface area contributed by atoms with Crippen molar-refractivity contribution in [2.75, 3.05) is 13.2 Å². The third-order valence-electron chi connectivity index (χ3n) is 1.99. The Morgan fingerprint density at radius 3 is 2.60 bits per heavy atom. The van der Waals surface area contributed by atoms with Gasteiger partial charge >= 0.3 is 0 Å². The monoisotopic (exact) mass is 298 g/mol. The number of carbonyl (C=O) groups is 2. The Hall–Kier alpha value is -2.01. The molecule has 0 spiro atoms. The Labute approximate surface area is 124 Å². The molecule has 110 valence electrons. The highest BCUT2D eigenvalue weighted by atomic mass is 35.5. The molecule has 0 bridgehead atoms. The van der Waals surface area contributed by atoms with Crippen LogP contribution in [-0.4, -0.2) is 25.0 Å². The smallest absolute Gasteiger partial charge is 0.261 e. The Kier molecular flexibility index (Phi) is 10.8. The number of amides is 2. The molecule has 2 N–H and O–H groups in total. The molecule has 20 heavy (non-hydrogen) atoms. The first kappa shape index (κ1) is 18.0. The SMILES string of the molecule is C=CCNC(=O)CCC(=C)NC(=O)CO/C=C/C=C/Cl. The van der Waals surface area contributed by atoms with Crippen LogP contribution < -0.4 is 10.6 Å². The minimum absolute atomic E-state index is 0.118. The summed E-state index contributed by atoms with van der Waals surface area (Å²) in [7, 11) is 0. The summed E-state index contributed by atoms with van der Waals surface area (Å²) >= 11 is 5.29. The van der Waals surface area contributed by atoms with Crippen molar-refractivity contribution < 1.29 is 14.3 Å². The summed E-state index contributed by atoms with van der Waals surface area (Å²) in [5.41, 5.74) is 1.79. The summed E-state index contributed by atoms with van der Waals surface area (Å²) in [5, 5.41) is 5.18. The fraction of sp³-hybridized carbons (Fsp3) is 0.286. The van der Waals surface area contributed by atoms with Crippen LogP contribution in [0.5, 0.6) is 0 Å². The second-order valence-corrected chi connectivity index (χ2v) is 3.95. The molecular weight excluding hydrogens is 280 g/mol. The van der Waals surface area contributed by atoms with Crippen molar-refractivity contribution in [3.05, 3.63) is 48.9 Å². The molecule has 0 saturated heterocycles. The second kappa shape index (κ2) is 12.0. The summed E-state index contributed by atoms with van der Waals surface area (Å²) in [6.45, 7) is 7.46. The van der Waals surface area contributed by atoms with Gasteiger partial charge in [-0.25, -0.2) is 0 Å². The van der Waals surface area contributed by atoms with E-state index in [0.29, 0.717) is 18.7 Å². The van der Waals surface area contributed by atoms with Gasteiger partial charge < -0.3 is 15.4 Å². The van der Waals surface area contributed by atoms with Crippen LogP contribution in [0.1, 0.15) is 12.8 Å². The Bertz CT molecular complexity index is 403. The van der Waals surface area contributed by atoms with Crippen LogP contribution in [0, 0.1) is 0 Å². The number of rotatable bonds is 10. The summed E-state index contributed by atoms with van der Waals surface area (Å²) in [5.74, 6) is -0.451. The topological polar surface area (TPSA) is 67.4 Å². The Morgan fingerprint density at radius 2 is 1.95 bits per heavy atom. The number of ether oxygens (including phenoxy) is 1. The van der Waals surface area contributed by atoms with E-state index in [-0.39, 0.29) is 24.8 Å². The third-order valence-corrected chi connectivity index (χ3v) is 2.13. The van der Waals surface area contributed by atoms with E-state index in [1.807, 2.05) is 0 Å². The van der Waals surface area contributed by atoms with Crippen molar-refractivity contribution in [3.8, 4) is 0 Å². The van der Waals surface area contributed by atoms with Crippen molar-refractivity contribution in [1.29, 1.82) is 0 Å². The van der Waals surface area contributed by atoms with Gasteiger partial charge in [0, 0.05) is 24.2 Å². The lowest BCUT2D eigenvalue weighted by Gasteiger charge is -2.08. The van der Waals surface area contributed by atoms with Crippen LogP contribution in [0.2, 0.25) is 0 Å². The predicted octanol–water partition coefficient (Wildman–Crippen LogP) is 1.98. The molecule has 0 aromatic carbocycles. The minimum Gasteiger partial charge on any atom is -0.491 e. The molecule has 0 atom stereocenters. The normalized spacial score (nSPS) is 10.4. The molecule has 0 aliphatic heterocycles. The van der Waals surface area contributed by atoms with Gasteiger partial charge in [0.05, 0.1) is 6.26 Å². The molecule has 0 aliphatic rings. The van der Waals surface area contributed by atoms with E-state index in [2.05, 4.69) is 23.8 Å². The molecule has 0 aromatic heterocycles. The lowest BCUT2D eigenvalue weighted by atomic mass is 10.2. The summed E-state index contributed by atoms with van der Waals surface area (Å²) in [6.07, 6.45) is 6.69. The minimum atomic E-state index is -0.332. The fourth-order valence-corrected chi connectivity index (χ4v) is 1.19. The van der Waals surface area contributed by atoms with Gasteiger partial charge in [0.1, 0.15) is 0 Å². The van der Waals surface area contributed by atoms with Gasteiger partial charge in [-0.2, -0.15) is 0 Å². The van der Waals surface area contributed by atoms with Crippen molar-refractivity contribution >= 4 is 23.4 Å². The molecule has 0 radical (unpaired) electrons. The van der Waals surface area contributed by atoms with Crippen molar-refractivity contribution in [1.82, 2.24) is 10.6 Å². The van der Waals surface area contributed by atoms with Gasteiger partial charge in [0.2, 0.25) is 5.91 Å². The standard InChI is InChI=1S/C14H19ClN2O3/c1-3-9-16-13(18)7-6-12(2)17-14(19)11-20-10-5-4-8-15/h3-5,8,10H,1-2,6-7,9,11H2,(H,16,18)(H,17,19)/b8-4+,10-5+. The van der Waals surface area contributed by atoms with Crippen molar-refractivity contribution in [3.63, 3.8) is 0 Å². The zero-order chi connectivity index (χ0) is 15.2. The van der Waals surface area contributed by atoms with E-state index in [9.17, 15) is 9.59 Å². The van der Waals surface area contributed by atoms with Gasteiger partial charge in [-0.1, -0.05) is 24.3 Å². The average Bonchev–Trinajstić information content (AvgIpc) is 2.42. The number of nitrogens with one attached hydrogen (secondary N) is 2. The third kappa shape index (κ3) is 11.1.